The van der Waals surface area contributed by atoms with Gasteiger partial charge in [0, 0.05) is 6.07 Å². The van der Waals surface area contributed by atoms with E-state index in [1.807, 2.05) is 4.90 Å². The number of piperidine rings is 1. The highest BCUT2D eigenvalue weighted by Crippen LogP contribution is 2.21. The third-order valence-corrected chi connectivity index (χ3v) is 3.42. The molecular weight excluding hydrogens is 250 g/mol. The fraction of sp³-hybridized carbons (Fsp3) is 0.538. The van der Waals surface area contributed by atoms with Crippen LogP contribution in [0.1, 0.15) is 24.4 Å². The van der Waals surface area contributed by atoms with Crippen molar-refractivity contribution in [1.29, 1.82) is 0 Å². The Kier molecular flexibility index (Phi) is 3.90. The van der Waals surface area contributed by atoms with Gasteiger partial charge in [-0.3, -0.25) is 14.5 Å². The van der Waals surface area contributed by atoms with Gasteiger partial charge in [0.25, 0.3) is 0 Å². The van der Waals surface area contributed by atoms with E-state index in [-0.39, 0.29) is 17.4 Å². The summed E-state index contributed by atoms with van der Waals surface area (Å²) in [5.74, 6) is -0.707. The zero-order valence-electron chi connectivity index (χ0n) is 10.8. The molecule has 1 saturated heterocycles. The van der Waals surface area contributed by atoms with Gasteiger partial charge in [0.15, 0.2) is 5.76 Å². The molecule has 0 saturated carbocycles. The molecule has 0 aromatic carbocycles. The van der Waals surface area contributed by atoms with Gasteiger partial charge in [0.1, 0.15) is 5.76 Å². The number of carbonyl (C=O) groups is 1. The van der Waals surface area contributed by atoms with Gasteiger partial charge in [-0.15, -0.1) is 0 Å². The second-order valence-electron chi connectivity index (χ2n) is 4.88. The molecule has 1 aromatic rings. The number of likely N-dealkylation sites (tertiary alicyclic amines) is 1. The standard InChI is InChI=1S/C13H17NO5/c1-8-6-10(15)12(16)11(19-8)7-14-4-2-9(3-5-14)13(17)18/h6,9,16H,2-5,7H2,1H3,(H,17,18). The molecule has 1 fully saturated rings. The lowest BCUT2D eigenvalue weighted by Gasteiger charge is -2.29. The number of rotatable bonds is 3. The highest BCUT2D eigenvalue weighted by Gasteiger charge is 2.25. The number of hydrogen-bond acceptors (Lipinski definition) is 5. The van der Waals surface area contributed by atoms with E-state index in [1.54, 1.807) is 6.92 Å². The van der Waals surface area contributed by atoms with Crippen molar-refractivity contribution in [2.75, 3.05) is 13.1 Å². The SMILES string of the molecule is Cc1cc(=O)c(O)c(CN2CCC(C(=O)O)CC2)o1. The maximum atomic E-state index is 11.4. The average Bonchev–Trinajstić information content (AvgIpc) is 2.36. The molecule has 2 N–H and O–H groups in total. The van der Waals surface area contributed by atoms with Crippen LogP contribution in [0, 0.1) is 12.8 Å². The van der Waals surface area contributed by atoms with E-state index in [9.17, 15) is 14.7 Å². The molecule has 2 heterocycles. The summed E-state index contributed by atoms with van der Waals surface area (Å²) < 4.78 is 5.36. The molecule has 0 aliphatic carbocycles. The summed E-state index contributed by atoms with van der Waals surface area (Å²) in [5.41, 5.74) is -0.445. The van der Waals surface area contributed by atoms with E-state index in [0.29, 0.717) is 38.2 Å². The van der Waals surface area contributed by atoms with Crippen LogP contribution in [0.3, 0.4) is 0 Å². The molecule has 0 unspecified atom stereocenters. The number of carboxylic acid groups (broad SMARTS) is 1. The van der Waals surface area contributed by atoms with Gasteiger partial charge in [-0.05, 0) is 32.9 Å². The summed E-state index contributed by atoms with van der Waals surface area (Å²) in [6.07, 6.45) is 1.15. The highest BCUT2D eigenvalue weighted by atomic mass is 16.4. The number of aryl methyl sites for hydroxylation is 1. The van der Waals surface area contributed by atoms with Crippen LogP contribution in [0.5, 0.6) is 5.75 Å². The zero-order chi connectivity index (χ0) is 14.0. The second kappa shape index (κ2) is 5.44. The van der Waals surface area contributed by atoms with Crippen molar-refractivity contribution in [3.8, 4) is 5.75 Å². The Hall–Kier alpha value is -1.82. The van der Waals surface area contributed by atoms with Crippen molar-refractivity contribution >= 4 is 5.97 Å². The molecule has 0 bridgehead atoms. The second-order valence-corrected chi connectivity index (χ2v) is 4.88. The van der Waals surface area contributed by atoms with Crippen LogP contribution >= 0.6 is 0 Å². The molecule has 0 amide bonds. The first kappa shape index (κ1) is 13.6. The lowest BCUT2D eigenvalue weighted by molar-refractivity contribution is -0.143. The molecule has 2 rings (SSSR count). The molecule has 1 aromatic heterocycles. The summed E-state index contributed by atoms with van der Waals surface area (Å²) in [5, 5.41) is 18.6. The van der Waals surface area contributed by atoms with E-state index in [1.165, 1.54) is 6.07 Å². The fourth-order valence-electron chi connectivity index (χ4n) is 2.31. The Bertz CT molecular complexity index is 528. The maximum Gasteiger partial charge on any atom is 0.306 e. The van der Waals surface area contributed by atoms with Gasteiger partial charge >= 0.3 is 5.97 Å². The first-order valence-electron chi connectivity index (χ1n) is 6.25. The van der Waals surface area contributed by atoms with Crippen LogP contribution in [0.25, 0.3) is 0 Å². The molecule has 6 heteroatoms. The number of carboxylic acids is 1. The third kappa shape index (κ3) is 3.14. The van der Waals surface area contributed by atoms with Gasteiger partial charge in [0.2, 0.25) is 11.2 Å². The van der Waals surface area contributed by atoms with Crippen molar-refractivity contribution in [2.45, 2.75) is 26.3 Å². The maximum absolute atomic E-state index is 11.4. The Morgan fingerprint density at radius 2 is 2.11 bits per heavy atom. The molecular formula is C13H17NO5. The molecule has 6 nitrogen and oxygen atoms in total. The highest BCUT2D eigenvalue weighted by molar-refractivity contribution is 5.70. The van der Waals surface area contributed by atoms with Gasteiger partial charge < -0.3 is 14.6 Å². The smallest absolute Gasteiger partial charge is 0.306 e. The van der Waals surface area contributed by atoms with E-state index in [0.717, 1.165) is 0 Å². The normalized spacial score (nSPS) is 17.5. The summed E-state index contributed by atoms with van der Waals surface area (Å²) in [6.45, 7) is 3.22. The monoisotopic (exact) mass is 267 g/mol. The quantitative estimate of drug-likeness (QED) is 0.847. The number of nitrogens with zero attached hydrogens (tertiary/aromatic N) is 1. The fourth-order valence-corrected chi connectivity index (χ4v) is 2.31. The van der Waals surface area contributed by atoms with Crippen LogP contribution in [0.15, 0.2) is 15.3 Å². The third-order valence-electron chi connectivity index (χ3n) is 3.42. The molecule has 1 aliphatic heterocycles. The molecule has 1 aliphatic rings. The summed E-state index contributed by atoms with van der Waals surface area (Å²) in [4.78, 5) is 24.3. The van der Waals surface area contributed by atoms with Crippen LogP contribution < -0.4 is 5.43 Å². The van der Waals surface area contributed by atoms with Crippen LogP contribution in [0.2, 0.25) is 0 Å². The Morgan fingerprint density at radius 1 is 1.47 bits per heavy atom. The Morgan fingerprint density at radius 3 is 2.68 bits per heavy atom. The first-order chi connectivity index (χ1) is 8.97. The summed E-state index contributed by atoms with van der Waals surface area (Å²) in [7, 11) is 0. The predicted molar refractivity (Wildman–Crippen MR) is 67.0 cm³/mol. The van der Waals surface area contributed by atoms with E-state index in [2.05, 4.69) is 0 Å². The molecule has 0 atom stereocenters. The van der Waals surface area contributed by atoms with Crippen LogP contribution in [0.4, 0.5) is 0 Å². The van der Waals surface area contributed by atoms with E-state index < -0.39 is 11.4 Å². The van der Waals surface area contributed by atoms with Crippen molar-refractivity contribution in [3.05, 3.63) is 27.8 Å². The minimum absolute atomic E-state index is 0.249. The predicted octanol–water partition coefficient (Wildman–Crippen LogP) is 0.950. The lowest BCUT2D eigenvalue weighted by Crippen LogP contribution is -2.36. The lowest BCUT2D eigenvalue weighted by atomic mass is 9.97. The Labute approximate surface area is 110 Å². The summed E-state index contributed by atoms with van der Waals surface area (Å²) in [6, 6.07) is 1.25. The van der Waals surface area contributed by atoms with Crippen molar-refractivity contribution < 1.29 is 19.4 Å². The molecule has 19 heavy (non-hydrogen) atoms. The Balaban J connectivity index is 2.04. The van der Waals surface area contributed by atoms with E-state index in [4.69, 9.17) is 9.52 Å². The first-order valence-corrected chi connectivity index (χ1v) is 6.25. The van der Waals surface area contributed by atoms with Gasteiger partial charge in [-0.2, -0.15) is 0 Å². The van der Waals surface area contributed by atoms with Crippen LogP contribution in [-0.4, -0.2) is 34.2 Å². The average molecular weight is 267 g/mol. The zero-order valence-corrected chi connectivity index (χ0v) is 10.8. The number of aromatic hydroxyl groups is 1. The minimum Gasteiger partial charge on any atom is -0.502 e. The van der Waals surface area contributed by atoms with Crippen molar-refractivity contribution in [1.82, 2.24) is 4.90 Å². The van der Waals surface area contributed by atoms with E-state index >= 15 is 0 Å². The molecule has 0 spiro atoms. The van der Waals surface area contributed by atoms with Crippen molar-refractivity contribution in [3.63, 3.8) is 0 Å². The minimum atomic E-state index is -0.760. The van der Waals surface area contributed by atoms with Gasteiger partial charge in [-0.1, -0.05) is 0 Å². The number of aliphatic carboxylic acids is 1. The van der Waals surface area contributed by atoms with Crippen molar-refractivity contribution in [2.24, 2.45) is 5.92 Å². The van der Waals surface area contributed by atoms with Crippen LogP contribution in [-0.2, 0) is 11.3 Å². The number of hydrogen-bond donors (Lipinski definition) is 2. The molecule has 104 valence electrons. The molecule has 0 radical (unpaired) electrons. The largest absolute Gasteiger partial charge is 0.502 e. The topological polar surface area (TPSA) is 91.0 Å². The summed E-state index contributed by atoms with van der Waals surface area (Å²) >= 11 is 0. The van der Waals surface area contributed by atoms with Gasteiger partial charge in [-0.25, -0.2) is 0 Å². The van der Waals surface area contributed by atoms with Gasteiger partial charge in [0.05, 0.1) is 12.5 Å².